The van der Waals surface area contributed by atoms with E-state index in [-0.39, 0.29) is 12.6 Å². The van der Waals surface area contributed by atoms with Gasteiger partial charge in [0.1, 0.15) is 0 Å². The summed E-state index contributed by atoms with van der Waals surface area (Å²) in [6.07, 6.45) is 28.6. The van der Waals surface area contributed by atoms with E-state index in [4.69, 9.17) is 19.3 Å². The summed E-state index contributed by atoms with van der Waals surface area (Å²) in [6.45, 7) is 4.31. The van der Waals surface area contributed by atoms with Crippen LogP contribution in [-0.2, 0) is 14.2 Å². The van der Waals surface area contributed by atoms with E-state index in [1.807, 2.05) is 0 Å². The standard InChI is InChI=1S/C17H34O.C10H18O3/c1-2-3-4-5-6-7-8-9-10-11-12-13-14-15-16-17-18;1-3-7-11-9(5-1)13-10-6-2-4-8-12-10/h6-7,18H,2-5,8-17H2,1H3;9-10H,1-8H2. The fourth-order valence-electron chi connectivity index (χ4n) is 3.99. The molecule has 0 aliphatic carbocycles. The van der Waals surface area contributed by atoms with Gasteiger partial charge in [-0.3, -0.25) is 0 Å². The Balaban J connectivity index is 0.000000323. The molecule has 2 aliphatic heterocycles. The Morgan fingerprint density at radius 3 is 1.61 bits per heavy atom. The number of hydrogen-bond donors (Lipinski definition) is 1. The van der Waals surface area contributed by atoms with E-state index in [0.29, 0.717) is 6.61 Å². The number of hydrogen-bond acceptors (Lipinski definition) is 4. The highest BCUT2D eigenvalue weighted by Crippen LogP contribution is 2.20. The first-order chi connectivity index (χ1) is 15.4. The van der Waals surface area contributed by atoms with Crippen molar-refractivity contribution in [3.63, 3.8) is 0 Å². The van der Waals surface area contributed by atoms with Gasteiger partial charge in [-0.1, -0.05) is 70.4 Å². The first kappa shape index (κ1) is 28.6. The van der Waals surface area contributed by atoms with E-state index in [9.17, 15) is 0 Å². The maximum absolute atomic E-state index is 8.65. The van der Waals surface area contributed by atoms with Gasteiger partial charge in [0.2, 0.25) is 0 Å². The molecule has 184 valence electrons. The number of rotatable bonds is 16. The summed E-state index contributed by atoms with van der Waals surface area (Å²) < 4.78 is 16.6. The molecule has 2 saturated heterocycles. The maximum atomic E-state index is 8.65. The SMILES string of the molecule is C1CCC(OC2CCCCO2)OC1.CCCCCC=CCCCCCCCCCCO. The molecular formula is C27H52O4. The Labute approximate surface area is 193 Å². The first-order valence-corrected chi connectivity index (χ1v) is 13.5. The van der Waals surface area contributed by atoms with E-state index >= 15 is 0 Å². The van der Waals surface area contributed by atoms with Crippen LogP contribution in [0.1, 0.15) is 129 Å². The Kier molecular flexibility index (Phi) is 21.0. The molecule has 2 fully saturated rings. The molecule has 0 aromatic carbocycles. The minimum absolute atomic E-state index is 0.00292. The number of aliphatic hydroxyl groups is 1. The fourth-order valence-corrected chi connectivity index (χ4v) is 3.99. The molecule has 0 aromatic rings. The second-order valence-electron chi connectivity index (χ2n) is 9.04. The van der Waals surface area contributed by atoms with E-state index in [0.717, 1.165) is 32.5 Å². The number of aliphatic hydroxyl groups excluding tert-OH is 1. The lowest BCUT2D eigenvalue weighted by atomic mass is 10.1. The van der Waals surface area contributed by atoms with E-state index in [2.05, 4.69) is 19.1 Å². The molecule has 4 heteroatoms. The van der Waals surface area contributed by atoms with E-state index < -0.39 is 0 Å². The van der Waals surface area contributed by atoms with Gasteiger partial charge >= 0.3 is 0 Å². The lowest BCUT2D eigenvalue weighted by Crippen LogP contribution is -2.31. The quantitative estimate of drug-likeness (QED) is 0.197. The Morgan fingerprint density at radius 1 is 0.677 bits per heavy atom. The van der Waals surface area contributed by atoms with Crippen LogP contribution in [0.4, 0.5) is 0 Å². The minimum Gasteiger partial charge on any atom is -0.396 e. The van der Waals surface area contributed by atoms with Gasteiger partial charge in [-0.05, 0) is 70.6 Å². The molecule has 0 saturated carbocycles. The van der Waals surface area contributed by atoms with Crippen molar-refractivity contribution < 1.29 is 19.3 Å². The third-order valence-electron chi connectivity index (χ3n) is 6.00. The highest BCUT2D eigenvalue weighted by atomic mass is 16.8. The van der Waals surface area contributed by atoms with Gasteiger partial charge in [0.05, 0.1) is 0 Å². The van der Waals surface area contributed by atoms with Crippen LogP contribution in [0.15, 0.2) is 12.2 Å². The second-order valence-corrected chi connectivity index (χ2v) is 9.04. The zero-order chi connectivity index (χ0) is 22.2. The zero-order valence-electron chi connectivity index (χ0n) is 20.5. The van der Waals surface area contributed by atoms with Gasteiger partial charge in [-0.2, -0.15) is 0 Å². The van der Waals surface area contributed by atoms with Crippen LogP contribution in [0.3, 0.4) is 0 Å². The average Bonchev–Trinajstić information content (AvgIpc) is 2.81. The van der Waals surface area contributed by atoms with Crippen molar-refractivity contribution in [2.75, 3.05) is 19.8 Å². The predicted octanol–water partition coefficient (Wildman–Crippen LogP) is 7.68. The van der Waals surface area contributed by atoms with Gasteiger partial charge in [-0.15, -0.1) is 0 Å². The summed E-state index contributed by atoms with van der Waals surface area (Å²) in [7, 11) is 0. The van der Waals surface area contributed by atoms with E-state index in [1.54, 1.807) is 0 Å². The Bertz CT molecular complexity index is 357. The molecule has 2 atom stereocenters. The summed E-state index contributed by atoms with van der Waals surface area (Å²) in [5.74, 6) is 0. The molecule has 4 nitrogen and oxygen atoms in total. The van der Waals surface area contributed by atoms with Crippen molar-refractivity contribution in [2.24, 2.45) is 0 Å². The monoisotopic (exact) mass is 440 g/mol. The lowest BCUT2D eigenvalue weighted by Gasteiger charge is -2.29. The Morgan fingerprint density at radius 2 is 1.16 bits per heavy atom. The van der Waals surface area contributed by atoms with Crippen LogP contribution in [0.5, 0.6) is 0 Å². The summed E-state index contributed by atoms with van der Waals surface area (Å²) in [6, 6.07) is 0. The number of ether oxygens (including phenoxy) is 3. The van der Waals surface area contributed by atoms with Gasteiger partial charge in [-0.25, -0.2) is 0 Å². The smallest absolute Gasteiger partial charge is 0.160 e. The molecular weight excluding hydrogens is 388 g/mol. The topological polar surface area (TPSA) is 47.9 Å². The van der Waals surface area contributed by atoms with Gasteiger partial charge in [0, 0.05) is 19.8 Å². The van der Waals surface area contributed by atoms with Gasteiger partial charge in [0.15, 0.2) is 12.6 Å². The molecule has 2 aliphatic rings. The van der Waals surface area contributed by atoms with Crippen molar-refractivity contribution in [2.45, 2.75) is 141 Å². The minimum atomic E-state index is -0.00292. The highest BCUT2D eigenvalue weighted by molar-refractivity contribution is 4.81. The number of allylic oxidation sites excluding steroid dienone is 2. The molecule has 0 spiro atoms. The predicted molar refractivity (Wildman–Crippen MR) is 130 cm³/mol. The highest BCUT2D eigenvalue weighted by Gasteiger charge is 2.21. The second kappa shape index (κ2) is 22.8. The normalized spacial score (nSPS) is 21.7. The molecule has 0 aromatic heterocycles. The van der Waals surface area contributed by atoms with Crippen LogP contribution in [-0.4, -0.2) is 37.5 Å². The molecule has 1 N–H and O–H groups in total. The summed E-state index contributed by atoms with van der Waals surface area (Å²) in [5, 5.41) is 8.65. The van der Waals surface area contributed by atoms with Crippen LogP contribution >= 0.6 is 0 Å². The summed E-state index contributed by atoms with van der Waals surface area (Å²) in [4.78, 5) is 0. The van der Waals surface area contributed by atoms with Crippen LogP contribution in [0.2, 0.25) is 0 Å². The molecule has 2 heterocycles. The van der Waals surface area contributed by atoms with E-state index in [1.165, 1.54) is 103 Å². The first-order valence-electron chi connectivity index (χ1n) is 13.5. The molecule has 2 rings (SSSR count). The van der Waals surface area contributed by atoms with Gasteiger partial charge in [0.25, 0.3) is 0 Å². The summed E-state index contributed by atoms with van der Waals surface area (Å²) in [5.41, 5.74) is 0. The molecule has 0 amide bonds. The van der Waals surface area contributed by atoms with Crippen LogP contribution < -0.4 is 0 Å². The van der Waals surface area contributed by atoms with Gasteiger partial charge < -0.3 is 19.3 Å². The summed E-state index contributed by atoms with van der Waals surface area (Å²) >= 11 is 0. The fraction of sp³-hybridized carbons (Fsp3) is 0.926. The molecule has 0 bridgehead atoms. The van der Waals surface area contributed by atoms with Crippen molar-refractivity contribution in [1.82, 2.24) is 0 Å². The third kappa shape index (κ3) is 18.8. The average molecular weight is 441 g/mol. The largest absolute Gasteiger partial charge is 0.396 e. The maximum Gasteiger partial charge on any atom is 0.160 e. The molecule has 2 unspecified atom stereocenters. The zero-order valence-corrected chi connectivity index (χ0v) is 20.5. The van der Waals surface area contributed by atoms with Crippen LogP contribution in [0.25, 0.3) is 0 Å². The number of unbranched alkanes of at least 4 members (excludes halogenated alkanes) is 11. The van der Waals surface area contributed by atoms with Crippen LogP contribution in [0, 0.1) is 0 Å². The van der Waals surface area contributed by atoms with Crippen molar-refractivity contribution in [3.8, 4) is 0 Å². The lowest BCUT2D eigenvalue weighted by molar-refractivity contribution is -0.264. The molecule has 0 radical (unpaired) electrons. The van der Waals surface area contributed by atoms with Crippen molar-refractivity contribution in [3.05, 3.63) is 12.2 Å². The molecule has 31 heavy (non-hydrogen) atoms. The third-order valence-corrected chi connectivity index (χ3v) is 6.00. The van der Waals surface area contributed by atoms with Crippen molar-refractivity contribution >= 4 is 0 Å². The van der Waals surface area contributed by atoms with Crippen molar-refractivity contribution in [1.29, 1.82) is 0 Å². The Hall–Kier alpha value is -0.420.